The van der Waals surface area contributed by atoms with E-state index in [4.69, 9.17) is 9.40 Å². The second-order valence-corrected chi connectivity index (χ2v) is 6.92. The Balaban J connectivity index is 1.73. The minimum atomic E-state index is 0.886. The van der Waals surface area contributed by atoms with Crippen molar-refractivity contribution in [3.63, 3.8) is 0 Å². The van der Waals surface area contributed by atoms with Gasteiger partial charge in [-0.05, 0) is 35.4 Å². The molecular weight excluding hydrogens is 344 g/mol. The van der Waals surface area contributed by atoms with E-state index in [-0.39, 0.29) is 0 Å². The third kappa shape index (κ3) is 2.13. The molecule has 6 aromatic rings. The molecule has 0 unspecified atom stereocenters. The van der Waals surface area contributed by atoms with Crippen LogP contribution in [-0.4, -0.2) is 9.55 Å². The summed E-state index contributed by atoms with van der Waals surface area (Å²) >= 11 is 0. The van der Waals surface area contributed by atoms with Gasteiger partial charge in [0.2, 0.25) is 0 Å². The smallest absolute Gasteiger partial charge is 0.158 e. The second-order valence-electron chi connectivity index (χ2n) is 6.92. The number of rotatable bonds is 2. The summed E-state index contributed by atoms with van der Waals surface area (Å²) < 4.78 is 8.10. The van der Waals surface area contributed by atoms with E-state index >= 15 is 0 Å². The molecule has 0 aliphatic heterocycles. The standard InChI is InChI=1S/C25H16N2O/c1-2-6-17(7-3-1)19-12-14-26-23(16-19)27-22-9-5-4-8-20(22)21-11-10-18-13-15-28-25(18)24(21)27/h1-16H. The van der Waals surface area contributed by atoms with Crippen LogP contribution in [0.1, 0.15) is 0 Å². The van der Waals surface area contributed by atoms with E-state index in [9.17, 15) is 0 Å². The van der Waals surface area contributed by atoms with Gasteiger partial charge in [-0.2, -0.15) is 0 Å². The Bertz CT molecular complexity index is 1460. The molecule has 0 atom stereocenters. The highest BCUT2D eigenvalue weighted by Crippen LogP contribution is 2.36. The summed E-state index contributed by atoms with van der Waals surface area (Å²) in [5, 5.41) is 3.46. The molecule has 3 heterocycles. The van der Waals surface area contributed by atoms with Gasteiger partial charge in [-0.3, -0.25) is 4.57 Å². The van der Waals surface area contributed by atoms with Gasteiger partial charge in [-0.25, -0.2) is 4.98 Å². The summed E-state index contributed by atoms with van der Waals surface area (Å²) in [6.45, 7) is 0. The van der Waals surface area contributed by atoms with Crippen molar-refractivity contribution in [3.05, 3.63) is 97.4 Å². The van der Waals surface area contributed by atoms with Crippen LogP contribution in [0.25, 0.3) is 49.7 Å². The highest BCUT2D eigenvalue weighted by molar-refractivity contribution is 6.16. The molecule has 0 amide bonds. The van der Waals surface area contributed by atoms with Gasteiger partial charge in [0.15, 0.2) is 5.58 Å². The summed E-state index contributed by atoms with van der Waals surface area (Å²) in [6, 6.07) is 29.3. The summed E-state index contributed by atoms with van der Waals surface area (Å²) in [6.07, 6.45) is 3.63. The van der Waals surface area contributed by atoms with E-state index in [1.807, 2.05) is 18.3 Å². The molecule has 0 N–H and O–H groups in total. The lowest BCUT2D eigenvalue weighted by Gasteiger charge is -2.09. The van der Waals surface area contributed by atoms with Gasteiger partial charge in [0.1, 0.15) is 5.82 Å². The first-order valence-corrected chi connectivity index (χ1v) is 9.31. The predicted octanol–water partition coefficient (Wildman–Crippen LogP) is 6.59. The molecule has 0 fully saturated rings. The molecule has 0 saturated carbocycles. The van der Waals surface area contributed by atoms with E-state index < -0.39 is 0 Å². The number of pyridine rings is 1. The van der Waals surface area contributed by atoms with Gasteiger partial charge in [0, 0.05) is 22.4 Å². The lowest BCUT2D eigenvalue weighted by Crippen LogP contribution is -1.97. The SMILES string of the molecule is c1ccc(-c2ccnc(-n3c4ccccc4c4ccc5ccoc5c43)c2)cc1. The van der Waals surface area contributed by atoms with Crippen LogP contribution < -0.4 is 0 Å². The number of aromatic nitrogens is 2. The Morgan fingerprint density at radius 2 is 1.57 bits per heavy atom. The fourth-order valence-electron chi connectivity index (χ4n) is 4.06. The van der Waals surface area contributed by atoms with E-state index in [0.29, 0.717) is 0 Å². The van der Waals surface area contributed by atoms with Crippen molar-refractivity contribution in [1.29, 1.82) is 0 Å². The molecule has 132 valence electrons. The average Bonchev–Trinajstić information content (AvgIpc) is 3.37. The number of benzene rings is 3. The minimum absolute atomic E-state index is 0.886. The topological polar surface area (TPSA) is 31.0 Å². The summed E-state index contributed by atoms with van der Waals surface area (Å²) in [7, 11) is 0. The first-order valence-electron chi connectivity index (χ1n) is 9.31. The van der Waals surface area contributed by atoms with Crippen molar-refractivity contribution in [2.75, 3.05) is 0 Å². The molecule has 3 heteroatoms. The van der Waals surface area contributed by atoms with Crippen LogP contribution in [0.2, 0.25) is 0 Å². The Labute approximate surface area is 161 Å². The maximum absolute atomic E-state index is 5.89. The summed E-state index contributed by atoms with van der Waals surface area (Å²) in [4.78, 5) is 4.72. The predicted molar refractivity (Wildman–Crippen MR) is 114 cm³/mol. The number of fused-ring (bicyclic) bond motifs is 5. The monoisotopic (exact) mass is 360 g/mol. The first kappa shape index (κ1) is 15.2. The largest absolute Gasteiger partial charge is 0.462 e. The molecule has 6 rings (SSSR count). The van der Waals surface area contributed by atoms with Gasteiger partial charge in [0.25, 0.3) is 0 Å². The van der Waals surface area contributed by atoms with E-state index in [0.717, 1.165) is 33.4 Å². The second kappa shape index (κ2) is 5.83. The van der Waals surface area contributed by atoms with Crippen molar-refractivity contribution < 1.29 is 4.42 Å². The number of furan rings is 1. The minimum Gasteiger partial charge on any atom is -0.462 e. The highest BCUT2D eigenvalue weighted by atomic mass is 16.3. The van der Waals surface area contributed by atoms with Crippen molar-refractivity contribution in [3.8, 4) is 16.9 Å². The van der Waals surface area contributed by atoms with Gasteiger partial charge < -0.3 is 4.42 Å². The number of nitrogens with zero attached hydrogens (tertiary/aromatic N) is 2. The molecule has 0 saturated heterocycles. The summed E-state index contributed by atoms with van der Waals surface area (Å²) in [5.41, 5.74) is 5.39. The van der Waals surface area contributed by atoms with Crippen LogP contribution in [0.3, 0.4) is 0 Å². The maximum Gasteiger partial charge on any atom is 0.158 e. The zero-order valence-electron chi connectivity index (χ0n) is 15.0. The lowest BCUT2D eigenvalue weighted by atomic mass is 10.1. The lowest BCUT2D eigenvalue weighted by molar-refractivity contribution is 0.618. The van der Waals surface area contributed by atoms with Gasteiger partial charge in [0.05, 0.1) is 17.3 Å². The zero-order chi connectivity index (χ0) is 18.5. The normalized spacial score (nSPS) is 11.6. The molecule has 28 heavy (non-hydrogen) atoms. The van der Waals surface area contributed by atoms with E-state index in [1.54, 1.807) is 6.26 Å². The number of hydrogen-bond donors (Lipinski definition) is 0. The fourth-order valence-corrected chi connectivity index (χ4v) is 4.06. The molecule has 0 aliphatic rings. The van der Waals surface area contributed by atoms with Crippen LogP contribution in [0.15, 0.2) is 102 Å². The van der Waals surface area contributed by atoms with E-state index in [1.165, 1.54) is 16.3 Å². The van der Waals surface area contributed by atoms with Gasteiger partial charge in [-0.1, -0.05) is 60.7 Å². The van der Waals surface area contributed by atoms with Crippen LogP contribution in [0.5, 0.6) is 0 Å². The van der Waals surface area contributed by atoms with Crippen molar-refractivity contribution in [1.82, 2.24) is 9.55 Å². The van der Waals surface area contributed by atoms with Crippen molar-refractivity contribution in [2.45, 2.75) is 0 Å². The quantitative estimate of drug-likeness (QED) is 0.349. The molecule has 3 nitrogen and oxygen atoms in total. The van der Waals surface area contributed by atoms with Crippen LogP contribution >= 0.6 is 0 Å². The average molecular weight is 360 g/mol. The van der Waals surface area contributed by atoms with Crippen molar-refractivity contribution >= 4 is 32.8 Å². The fraction of sp³-hybridized carbons (Fsp3) is 0. The number of para-hydroxylation sites is 1. The Hall–Kier alpha value is -3.85. The summed E-state index contributed by atoms with van der Waals surface area (Å²) in [5.74, 6) is 0.886. The maximum atomic E-state index is 5.89. The molecular formula is C25H16N2O. The Kier molecular flexibility index (Phi) is 3.17. The molecule has 3 aromatic heterocycles. The molecule has 0 aliphatic carbocycles. The molecule has 0 bridgehead atoms. The third-order valence-corrected chi connectivity index (χ3v) is 5.34. The van der Waals surface area contributed by atoms with Gasteiger partial charge in [-0.15, -0.1) is 0 Å². The first-order chi connectivity index (χ1) is 13.9. The molecule has 0 spiro atoms. The Morgan fingerprint density at radius 3 is 2.50 bits per heavy atom. The zero-order valence-corrected chi connectivity index (χ0v) is 15.0. The van der Waals surface area contributed by atoms with E-state index in [2.05, 4.69) is 77.4 Å². The Morgan fingerprint density at radius 1 is 0.714 bits per heavy atom. The molecule has 3 aromatic carbocycles. The molecule has 0 radical (unpaired) electrons. The highest BCUT2D eigenvalue weighted by Gasteiger charge is 2.17. The van der Waals surface area contributed by atoms with Crippen LogP contribution in [0.4, 0.5) is 0 Å². The van der Waals surface area contributed by atoms with Crippen LogP contribution in [-0.2, 0) is 0 Å². The number of hydrogen-bond acceptors (Lipinski definition) is 2. The van der Waals surface area contributed by atoms with Crippen LogP contribution in [0, 0.1) is 0 Å². The van der Waals surface area contributed by atoms with Gasteiger partial charge >= 0.3 is 0 Å². The third-order valence-electron chi connectivity index (χ3n) is 5.34. The van der Waals surface area contributed by atoms with Crippen molar-refractivity contribution in [2.24, 2.45) is 0 Å².